The molecule has 1 aliphatic rings. The fourth-order valence-corrected chi connectivity index (χ4v) is 3.33. The average molecular weight is 331 g/mol. The molecule has 0 radical (unpaired) electrons. The van der Waals surface area contributed by atoms with Gasteiger partial charge in [0.1, 0.15) is 5.82 Å². The summed E-state index contributed by atoms with van der Waals surface area (Å²) in [5.74, 6) is -1.54. The molecule has 8 heteroatoms. The first-order valence-electron chi connectivity index (χ1n) is 6.35. The molecule has 1 fully saturated rings. The van der Waals surface area contributed by atoms with Gasteiger partial charge in [-0.05, 0) is 12.5 Å². The van der Waals surface area contributed by atoms with Crippen LogP contribution < -0.4 is 0 Å². The molecule has 0 bridgehead atoms. The predicted octanol–water partition coefficient (Wildman–Crippen LogP) is 2.97. The third-order valence-electron chi connectivity index (χ3n) is 3.29. The lowest BCUT2D eigenvalue weighted by atomic mass is 10.2. The van der Waals surface area contributed by atoms with Gasteiger partial charge in [-0.3, -0.25) is 4.79 Å². The van der Waals surface area contributed by atoms with E-state index >= 15 is 0 Å². The molecule has 1 aliphatic heterocycles. The summed E-state index contributed by atoms with van der Waals surface area (Å²) in [6.07, 6.45) is 0.788. The van der Waals surface area contributed by atoms with Crippen LogP contribution in [0.2, 0.25) is 5.02 Å². The van der Waals surface area contributed by atoms with Crippen LogP contribution in [0, 0.1) is 5.82 Å². The molecule has 0 spiro atoms. The molecule has 1 N–H and O–H groups in total. The predicted molar refractivity (Wildman–Crippen MR) is 77.5 cm³/mol. The Morgan fingerprint density at radius 2 is 2.43 bits per heavy atom. The van der Waals surface area contributed by atoms with Crippen molar-refractivity contribution in [3.63, 3.8) is 0 Å². The lowest BCUT2D eigenvalue weighted by Gasteiger charge is -2.14. The smallest absolute Gasteiger partial charge is 0.313 e. The van der Waals surface area contributed by atoms with Crippen LogP contribution >= 0.6 is 23.4 Å². The minimum atomic E-state index is -0.925. The highest BCUT2D eigenvalue weighted by Crippen LogP contribution is 2.33. The standard InChI is InChI=1S/C13H12ClFN2O3S/c14-8-3-10-11(4-9(8)15)17(7-1-2-20-5-7)13(16-10)21-6-12(18)19/h3-4,7H,1-2,5-6H2,(H,18,19). The fourth-order valence-electron chi connectivity index (χ4n) is 2.37. The van der Waals surface area contributed by atoms with Crippen molar-refractivity contribution < 1.29 is 19.0 Å². The van der Waals surface area contributed by atoms with E-state index < -0.39 is 11.8 Å². The second-order valence-corrected chi connectivity index (χ2v) is 6.07. The van der Waals surface area contributed by atoms with Crippen LogP contribution in [0.4, 0.5) is 4.39 Å². The molecule has 2 heterocycles. The molecule has 0 amide bonds. The molecule has 1 saturated heterocycles. The summed E-state index contributed by atoms with van der Waals surface area (Å²) in [7, 11) is 0. The van der Waals surface area contributed by atoms with Gasteiger partial charge < -0.3 is 14.4 Å². The number of rotatable bonds is 4. The molecule has 0 saturated carbocycles. The van der Waals surface area contributed by atoms with Gasteiger partial charge in [0.15, 0.2) is 5.16 Å². The zero-order valence-electron chi connectivity index (χ0n) is 10.9. The first kappa shape index (κ1) is 14.6. The Hall–Kier alpha value is -1.31. The van der Waals surface area contributed by atoms with Crippen LogP contribution in [0.25, 0.3) is 11.0 Å². The minimum absolute atomic E-state index is 0.00427. The number of benzene rings is 1. The number of imidazole rings is 1. The van der Waals surface area contributed by atoms with Crippen LogP contribution in [0.5, 0.6) is 0 Å². The van der Waals surface area contributed by atoms with Crippen molar-refractivity contribution in [2.24, 2.45) is 0 Å². The average Bonchev–Trinajstić information content (AvgIpc) is 3.04. The minimum Gasteiger partial charge on any atom is -0.481 e. The first-order chi connectivity index (χ1) is 10.1. The first-order valence-corrected chi connectivity index (χ1v) is 7.72. The van der Waals surface area contributed by atoms with E-state index in [2.05, 4.69) is 4.98 Å². The Labute approximate surface area is 129 Å². The van der Waals surface area contributed by atoms with Crippen LogP contribution in [0.15, 0.2) is 17.3 Å². The molecule has 1 atom stereocenters. The normalized spacial score (nSPS) is 18.5. The van der Waals surface area contributed by atoms with Crippen molar-refractivity contribution in [3.8, 4) is 0 Å². The summed E-state index contributed by atoms with van der Waals surface area (Å²) in [4.78, 5) is 15.2. The van der Waals surface area contributed by atoms with Gasteiger partial charge in [-0.15, -0.1) is 0 Å². The van der Waals surface area contributed by atoms with Crippen LogP contribution in [-0.4, -0.2) is 39.6 Å². The quantitative estimate of drug-likeness (QED) is 0.873. The van der Waals surface area contributed by atoms with Gasteiger partial charge in [0, 0.05) is 12.7 Å². The summed E-state index contributed by atoms with van der Waals surface area (Å²) in [5.41, 5.74) is 1.17. The van der Waals surface area contributed by atoms with Crippen molar-refractivity contribution in [1.29, 1.82) is 0 Å². The highest BCUT2D eigenvalue weighted by atomic mass is 35.5. The van der Waals surface area contributed by atoms with E-state index in [-0.39, 0.29) is 16.8 Å². The van der Waals surface area contributed by atoms with Crippen molar-refractivity contribution in [2.75, 3.05) is 19.0 Å². The summed E-state index contributed by atoms with van der Waals surface area (Å²) in [5, 5.41) is 9.38. The SMILES string of the molecule is O=C(O)CSc1nc2cc(Cl)c(F)cc2n1C1CCOC1. The summed E-state index contributed by atoms with van der Waals surface area (Å²) < 4.78 is 21.0. The largest absolute Gasteiger partial charge is 0.481 e. The van der Waals surface area contributed by atoms with E-state index in [4.69, 9.17) is 21.4 Å². The Balaban J connectivity index is 2.10. The van der Waals surface area contributed by atoms with Gasteiger partial charge in [-0.2, -0.15) is 0 Å². The van der Waals surface area contributed by atoms with E-state index in [0.717, 1.165) is 18.2 Å². The highest BCUT2D eigenvalue weighted by Gasteiger charge is 2.24. The van der Waals surface area contributed by atoms with Crippen LogP contribution in [-0.2, 0) is 9.53 Å². The maximum absolute atomic E-state index is 13.7. The second kappa shape index (κ2) is 5.82. The number of halogens is 2. The summed E-state index contributed by atoms with van der Waals surface area (Å²) >= 11 is 6.90. The number of fused-ring (bicyclic) bond motifs is 1. The number of carboxylic acid groups (broad SMARTS) is 1. The van der Waals surface area contributed by atoms with Gasteiger partial charge in [0.2, 0.25) is 0 Å². The molecule has 2 aromatic rings. The summed E-state index contributed by atoms with van der Waals surface area (Å²) in [6.45, 7) is 1.14. The Morgan fingerprint density at radius 1 is 1.62 bits per heavy atom. The summed E-state index contributed by atoms with van der Waals surface area (Å²) in [6, 6.07) is 2.84. The van der Waals surface area contributed by atoms with Crippen LogP contribution in [0.3, 0.4) is 0 Å². The number of hydrogen-bond acceptors (Lipinski definition) is 4. The van der Waals surface area contributed by atoms with Gasteiger partial charge in [0.25, 0.3) is 0 Å². The number of thioether (sulfide) groups is 1. The molecular weight excluding hydrogens is 319 g/mol. The van der Waals surface area contributed by atoms with Gasteiger partial charge in [0.05, 0.1) is 34.5 Å². The molecule has 5 nitrogen and oxygen atoms in total. The second-order valence-electron chi connectivity index (χ2n) is 4.72. The van der Waals surface area contributed by atoms with Crippen molar-refractivity contribution >= 4 is 40.4 Å². The van der Waals surface area contributed by atoms with Crippen molar-refractivity contribution in [2.45, 2.75) is 17.6 Å². The lowest BCUT2D eigenvalue weighted by molar-refractivity contribution is -0.133. The number of aromatic nitrogens is 2. The zero-order valence-corrected chi connectivity index (χ0v) is 12.5. The Morgan fingerprint density at radius 3 is 3.10 bits per heavy atom. The van der Waals surface area contributed by atoms with E-state index in [1.165, 1.54) is 12.1 Å². The monoisotopic (exact) mass is 330 g/mol. The van der Waals surface area contributed by atoms with Gasteiger partial charge >= 0.3 is 5.97 Å². The third-order valence-corrected chi connectivity index (χ3v) is 4.52. The number of nitrogens with zero attached hydrogens (tertiary/aromatic N) is 2. The zero-order chi connectivity index (χ0) is 15.0. The topological polar surface area (TPSA) is 64.3 Å². The fraction of sp³-hybridized carbons (Fsp3) is 0.385. The molecule has 112 valence electrons. The van der Waals surface area contributed by atoms with E-state index in [1.54, 1.807) is 0 Å². The molecular formula is C13H12ClFN2O3S. The third kappa shape index (κ3) is 2.86. The molecule has 3 rings (SSSR count). The van der Waals surface area contributed by atoms with E-state index in [9.17, 15) is 9.18 Å². The van der Waals surface area contributed by atoms with E-state index in [0.29, 0.717) is 29.4 Å². The highest BCUT2D eigenvalue weighted by molar-refractivity contribution is 7.99. The van der Waals surface area contributed by atoms with E-state index in [1.807, 2.05) is 4.57 Å². The molecule has 21 heavy (non-hydrogen) atoms. The Bertz CT molecular complexity index is 700. The maximum Gasteiger partial charge on any atom is 0.313 e. The number of ether oxygens (including phenoxy) is 1. The Kier molecular flexibility index (Phi) is 4.05. The van der Waals surface area contributed by atoms with Crippen molar-refractivity contribution in [3.05, 3.63) is 23.0 Å². The van der Waals surface area contributed by atoms with Gasteiger partial charge in [-0.25, -0.2) is 9.37 Å². The number of carboxylic acids is 1. The molecule has 1 unspecified atom stereocenters. The number of carbonyl (C=O) groups is 1. The number of hydrogen-bond donors (Lipinski definition) is 1. The van der Waals surface area contributed by atoms with Crippen molar-refractivity contribution in [1.82, 2.24) is 9.55 Å². The molecule has 0 aliphatic carbocycles. The van der Waals surface area contributed by atoms with Crippen LogP contribution in [0.1, 0.15) is 12.5 Å². The molecule has 1 aromatic heterocycles. The maximum atomic E-state index is 13.7. The van der Waals surface area contributed by atoms with Gasteiger partial charge in [-0.1, -0.05) is 23.4 Å². The lowest BCUT2D eigenvalue weighted by Crippen LogP contribution is -2.11. The molecule has 1 aromatic carbocycles. The number of aliphatic carboxylic acids is 1.